The van der Waals surface area contributed by atoms with Crippen LogP contribution in [-0.4, -0.2) is 41.1 Å². The average molecular weight is 175 g/mol. The quantitative estimate of drug-likeness (QED) is 0.583. The van der Waals surface area contributed by atoms with Gasteiger partial charge in [-0.2, -0.15) is 0 Å². The third-order valence-corrected chi connectivity index (χ3v) is 6.63. The maximum absolute atomic E-state index is 5.52. The van der Waals surface area contributed by atoms with Crippen molar-refractivity contribution in [3.8, 4) is 0 Å². The minimum atomic E-state index is -1.95. The fraction of sp³-hybridized carbons (Fsp3) is 1.00. The number of hydrogen-bond donors (Lipinski definition) is 0. The van der Waals surface area contributed by atoms with E-state index in [1.807, 2.05) is 0 Å². The van der Waals surface area contributed by atoms with Gasteiger partial charge < -0.3 is 8.85 Å². The van der Waals surface area contributed by atoms with E-state index in [-0.39, 0.29) is 0 Å². The first-order valence-electron chi connectivity index (χ1n) is 3.99. The molecule has 0 N–H and O–H groups in total. The fourth-order valence-corrected chi connectivity index (χ4v) is 5.18. The minimum absolute atomic E-state index is 0.586. The molecule has 0 saturated carbocycles. The molecule has 0 aliphatic carbocycles. The highest BCUT2D eigenvalue weighted by molar-refractivity contribution is 6.66. The van der Waals surface area contributed by atoms with Gasteiger partial charge in [0.15, 0.2) is 0 Å². The molecule has 1 aliphatic heterocycles. The van der Waals surface area contributed by atoms with E-state index in [2.05, 4.69) is 18.5 Å². The zero-order chi connectivity index (χ0) is 8.48. The third kappa shape index (κ3) is 1.24. The molecule has 1 unspecified atom stereocenters. The van der Waals surface area contributed by atoms with Crippen LogP contribution < -0.4 is 0 Å². The summed E-state index contributed by atoms with van der Waals surface area (Å²) >= 11 is 0. The van der Waals surface area contributed by atoms with Crippen molar-refractivity contribution in [2.75, 3.05) is 27.8 Å². The highest BCUT2D eigenvalue weighted by Gasteiger charge is 2.51. The summed E-state index contributed by atoms with van der Waals surface area (Å²) < 4.78 is 13.3. The molecule has 0 bridgehead atoms. The lowest BCUT2D eigenvalue weighted by atomic mass is 10.3. The number of hydrogen-bond acceptors (Lipinski definition) is 3. The highest BCUT2D eigenvalue weighted by atomic mass is 28.4. The Morgan fingerprint density at radius 1 is 1.36 bits per heavy atom. The van der Waals surface area contributed by atoms with Crippen LogP contribution in [0, 0.1) is 0 Å². The first kappa shape index (κ1) is 9.19. The second-order valence-electron chi connectivity index (χ2n) is 3.15. The SMILES string of the molecule is CO[Si]1(OC)C(C)CCN1C. The van der Waals surface area contributed by atoms with Crippen molar-refractivity contribution < 1.29 is 8.85 Å². The van der Waals surface area contributed by atoms with Crippen LogP contribution >= 0.6 is 0 Å². The highest BCUT2D eigenvalue weighted by Crippen LogP contribution is 2.34. The van der Waals surface area contributed by atoms with Crippen LogP contribution in [0.2, 0.25) is 5.54 Å². The third-order valence-electron chi connectivity index (χ3n) is 2.64. The zero-order valence-corrected chi connectivity index (χ0v) is 8.76. The standard InChI is InChI=1S/C7H17NO2Si/c1-7-5-6-8(2)11(7,9-3)10-4/h7H,5-6H2,1-4H3. The van der Waals surface area contributed by atoms with Gasteiger partial charge in [-0.15, -0.1) is 0 Å². The van der Waals surface area contributed by atoms with Crippen LogP contribution in [0.1, 0.15) is 13.3 Å². The lowest BCUT2D eigenvalue weighted by Gasteiger charge is -2.31. The molecule has 1 atom stereocenters. The van der Waals surface area contributed by atoms with Crippen LogP contribution in [-0.2, 0) is 8.85 Å². The molecule has 1 saturated heterocycles. The predicted octanol–water partition coefficient (Wildman–Crippen LogP) is 0.944. The molecule has 0 aromatic rings. The number of rotatable bonds is 2. The fourth-order valence-electron chi connectivity index (χ4n) is 1.90. The van der Waals surface area contributed by atoms with Gasteiger partial charge in [0, 0.05) is 19.8 Å². The molecule has 4 heteroatoms. The molecule has 0 spiro atoms. The van der Waals surface area contributed by atoms with Gasteiger partial charge in [0.25, 0.3) is 0 Å². The molecule has 1 heterocycles. The maximum atomic E-state index is 5.52. The van der Waals surface area contributed by atoms with Gasteiger partial charge in [-0.25, -0.2) is 0 Å². The summed E-state index contributed by atoms with van der Waals surface area (Å²) in [6, 6.07) is 0. The summed E-state index contributed by atoms with van der Waals surface area (Å²) in [5.41, 5.74) is 0.586. The van der Waals surface area contributed by atoms with E-state index in [0.717, 1.165) is 6.54 Å². The first-order valence-corrected chi connectivity index (χ1v) is 5.83. The van der Waals surface area contributed by atoms with Crippen molar-refractivity contribution in [2.45, 2.75) is 18.9 Å². The topological polar surface area (TPSA) is 21.7 Å². The van der Waals surface area contributed by atoms with Gasteiger partial charge in [-0.05, 0) is 20.0 Å². The zero-order valence-electron chi connectivity index (χ0n) is 7.76. The molecule has 0 radical (unpaired) electrons. The lowest BCUT2D eigenvalue weighted by molar-refractivity contribution is 0.188. The van der Waals surface area contributed by atoms with Gasteiger partial charge in [0.2, 0.25) is 0 Å². The van der Waals surface area contributed by atoms with E-state index in [4.69, 9.17) is 8.85 Å². The largest absolute Gasteiger partial charge is 0.430 e. The molecule has 1 rings (SSSR count). The van der Waals surface area contributed by atoms with E-state index >= 15 is 0 Å². The van der Waals surface area contributed by atoms with Crippen molar-refractivity contribution in [2.24, 2.45) is 0 Å². The minimum Gasteiger partial charge on any atom is -0.386 e. The Balaban J connectivity index is 2.76. The predicted molar refractivity (Wildman–Crippen MR) is 46.4 cm³/mol. The van der Waals surface area contributed by atoms with E-state index in [0.29, 0.717) is 5.54 Å². The van der Waals surface area contributed by atoms with Crippen molar-refractivity contribution in [3.63, 3.8) is 0 Å². The van der Waals surface area contributed by atoms with Gasteiger partial charge in [0.05, 0.1) is 0 Å². The molecule has 0 amide bonds. The molecule has 0 aromatic carbocycles. The van der Waals surface area contributed by atoms with Gasteiger partial charge >= 0.3 is 8.72 Å². The van der Waals surface area contributed by atoms with E-state index < -0.39 is 8.72 Å². The summed E-state index contributed by atoms with van der Waals surface area (Å²) in [5, 5.41) is 0. The molecule has 1 fully saturated rings. The lowest BCUT2D eigenvalue weighted by Crippen LogP contribution is -2.53. The summed E-state index contributed by atoms with van der Waals surface area (Å²) in [4.78, 5) is 0. The van der Waals surface area contributed by atoms with E-state index in [1.165, 1.54) is 6.42 Å². The van der Waals surface area contributed by atoms with Crippen LogP contribution in [0.15, 0.2) is 0 Å². The Kier molecular flexibility index (Phi) is 2.69. The van der Waals surface area contributed by atoms with E-state index in [9.17, 15) is 0 Å². The molecule has 0 aromatic heterocycles. The molecule has 3 nitrogen and oxygen atoms in total. The summed E-state index contributed by atoms with van der Waals surface area (Å²) in [6.45, 7) is 3.32. The van der Waals surface area contributed by atoms with Gasteiger partial charge in [0.1, 0.15) is 0 Å². The molecular formula is C7H17NO2Si. The second-order valence-corrected chi connectivity index (χ2v) is 6.98. The van der Waals surface area contributed by atoms with E-state index in [1.54, 1.807) is 14.2 Å². The van der Waals surface area contributed by atoms with Crippen molar-refractivity contribution in [1.29, 1.82) is 0 Å². The Labute approximate surface area is 69.6 Å². The van der Waals surface area contributed by atoms with Crippen LogP contribution in [0.25, 0.3) is 0 Å². The normalized spacial score (nSPS) is 31.1. The molecule has 1 aliphatic rings. The summed E-state index contributed by atoms with van der Waals surface area (Å²) in [7, 11) is 3.65. The van der Waals surface area contributed by atoms with Crippen LogP contribution in [0.5, 0.6) is 0 Å². The molecule has 11 heavy (non-hydrogen) atoms. The second kappa shape index (κ2) is 3.22. The Morgan fingerprint density at radius 2 is 1.91 bits per heavy atom. The monoisotopic (exact) mass is 175 g/mol. The van der Waals surface area contributed by atoms with Gasteiger partial charge in [-0.3, -0.25) is 4.57 Å². The summed E-state index contributed by atoms with van der Waals surface area (Å²) in [5.74, 6) is 0. The summed E-state index contributed by atoms with van der Waals surface area (Å²) in [6.07, 6.45) is 1.20. The Bertz CT molecular complexity index is 126. The van der Waals surface area contributed by atoms with Crippen LogP contribution in [0.3, 0.4) is 0 Å². The van der Waals surface area contributed by atoms with Crippen molar-refractivity contribution in [1.82, 2.24) is 4.57 Å². The maximum Gasteiger partial charge on any atom is 0.430 e. The van der Waals surface area contributed by atoms with Crippen molar-refractivity contribution in [3.05, 3.63) is 0 Å². The van der Waals surface area contributed by atoms with Crippen molar-refractivity contribution >= 4 is 8.72 Å². The van der Waals surface area contributed by atoms with Crippen LogP contribution in [0.4, 0.5) is 0 Å². The Morgan fingerprint density at radius 3 is 2.09 bits per heavy atom. The first-order chi connectivity index (χ1) is 5.17. The molecule has 66 valence electrons. The smallest absolute Gasteiger partial charge is 0.386 e. The van der Waals surface area contributed by atoms with Gasteiger partial charge in [-0.1, -0.05) is 6.92 Å². The average Bonchev–Trinajstić information content (AvgIpc) is 2.29. The Hall–Kier alpha value is 0.0969. The number of nitrogens with zero attached hydrogens (tertiary/aromatic N) is 1. The molecular weight excluding hydrogens is 158 g/mol.